The number of amides is 1. The van der Waals surface area contributed by atoms with E-state index in [4.69, 9.17) is 4.74 Å². The van der Waals surface area contributed by atoms with E-state index in [9.17, 15) is 23.7 Å². The van der Waals surface area contributed by atoms with Crippen LogP contribution in [0.3, 0.4) is 0 Å². The van der Waals surface area contributed by atoms with E-state index in [-0.39, 0.29) is 17.1 Å². The van der Waals surface area contributed by atoms with E-state index in [0.717, 1.165) is 30.3 Å². The van der Waals surface area contributed by atoms with Crippen LogP contribution in [0, 0.1) is 21.7 Å². The second-order valence-corrected chi connectivity index (χ2v) is 4.22. The largest absolute Gasteiger partial charge is 0.494 e. The smallest absolute Gasteiger partial charge is 0.273 e. The van der Waals surface area contributed by atoms with Crippen molar-refractivity contribution >= 4 is 17.3 Å². The van der Waals surface area contributed by atoms with E-state index >= 15 is 0 Å². The van der Waals surface area contributed by atoms with Gasteiger partial charge in [0.2, 0.25) is 0 Å². The zero-order valence-corrected chi connectivity index (χ0v) is 11.3. The highest BCUT2D eigenvalue weighted by molar-refractivity contribution is 6.05. The molecule has 0 spiro atoms. The third-order valence-corrected chi connectivity index (χ3v) is 2.82. The molecule has 2 rings (SSSR count). The van der Waals surface area contributed by atoms with Crippen molar-refractivity contribution in [1.29, 1.82) is 0 Å². The fraction of sp³-hybridized carbons (Fsp3) is 0.0714. The molecule has 0 unspecified atom stereocenters. The quantitative estimate of drug-likeness (QED) is 0.695. The summed E-state index contributed by atoms with van der Waals surface area (Å²) in [4.78, 5) is 22.0. The molecule has 0 aromatic heterocycles. The van der Waals surface area contributed by atoms with Crippen molar-refractivity contribution in [3.05, 3.63) is 63.7 Å². The number of ether oxygens (including phenoxy) is 1. The summed E-state index contributed by atoms with van der Waals surface area (Å²) in [6, 6.07) is 5.97. The first-order valence-corrected chi connectivity index (χ1v) is 6.01. The molecule has 0 bridgehead atoms. The van der Waals surface area contributed by atoms with Gasteiger partial charge >= 0.3 is 0 Å². The van der Waals surface area contributed by atoms with E-state index in [0.29, 0.717) is 0 Å². The monoisotopic (exact) mass is 308 g/mol. The Morgan fingerprint density at radius 3 is 2.59 bits per heavy atom. The fourth-order valence-electron chi connectivity index (χ4n) is 1.76. The van der Waals surface area contributed by atoms with Gasteiger partial charge in [0.05, 0.1) is 29.4 Å². The molecule has 0 aliphatic rings. The van der Waals surface area contributed by atoms with Gasteiger partial charge in [-0.2, -0.15) is 0 Å². The molecular weight excluding hydrogens is 298 g/mol. The summed E-state index contributed by atoms with van der Waals surface area (Å²) in [5.74, 6) is -2.52. The van der Waals surface area contributed by atoms with Crippen molar-refractivity contribution in [2.75, 3.05) is 12.4 Å². The van der Waals surface area contributed by atoms with Gasteiger partial charge in [0.1, 0.15) is 17.4 Å². The predicted octanol–water partition coefficient (Wildman–Crippen LogP) is 3.13. The minimum absolute atomic E-state index is 0.0272. The molecule has 0 heterocycles. The van der Waals surface area contributed by atoms with Crippen molar-refractivity contribution in [1.82, 2.24) is 0 Å². The molecule has 114 valence electrons. The maximum absolute atomic E-state index is 13.5. The molecule has 2 aromatic rings. The number of nitrogens with one attached hydrogen (secondary N) is 1. The SMILES string of the molecule is COc1cc([N+](=O)[O-])ccc1NC(=O)c1cc(F)ccc1F. The number of carbonyl (C=O) groups excluding carboxylic acids is 1. The van der Waals surface area contributed by atoms with Crippen molar-refractivity contribution in [2.24, 2.45) is 0 Å². The van der Waals surface area contributed by atoms with E-state index < -0.39 is 28.0 Å². The first-order chi connectivity index (χ1) is 10.4. The van der Waals surface area contributed by atoms with Gasteiger partial charge in [-0.25, -0.2) is 8.78 Å². The third kappa shape index (κ3) is 3.17. The summed E-state index contributed by atoms with van der Waals surface area (Å²) < 4.78 is 31.6. The molecule has 0 atom stereocenters. The molecule has 2 aromatic carbocycles. The molecule has 0 aliphatic heterocycles. The highest BCUT2D eigenvalue weighted by Crippen LogP contribution is 2.29. The van der Waals surface area contributed by atoms with Crippen LogP contribution in [-0.2, 0) is 0 Å². The Morgan fingerprint density at radius 2 is 1.95 bits per heavy atom. The van der Waals surface area contributed by atoms with E-state index in [1.54, 1.807) is 0 Å². The van der Waals surface area contributed by atoms with Crippen LogP contribution in [0.25, 0.3) is 0 Å². The molecule has 0 radical (unpaired) electrons. The lowest BCUT2D eigenvalue weighted by Crippen LogP contribution is -2.14. The Labute approximate surface area is 123 Å². The fourth-order valence-corrected chi connectivity index (χ4v) is 1.76. The summed E-state index contributed by atoms with van der Waals surface area (Å²) in [6.07, 6.45) is 0. The number of nitro groups is 1. The number of anilines is 1. The maximum Gasteiger partial charge on any atom is 0.273 e. The molecule has 0 aliphatic carbocycles. The highest BCUT2D eigenvalue weighted by Gasteiger charge is 2.17. The summed E-state index contributed by atoms with van der Waals surface area (Å²) >= 11 is 0. The van der Waals surface area contributed by atoms with Crippen LogP contribution in [0.5, 0.6) is 5.75 Å². The van der Waals surface area contributed by atoms with Crippen LogP contribution in [0.2, 0.25) is 0 Å². The number of carbonyl (C=O) groups is 1. The Balaban J connectivity index is 2.32. The van der Waals surface area contributed by atoms with E-state index in [1.807, 2.05) is 0 Å². The minimum Gasteiger partial charge on any atom is -0.494 e. The van der Waals surface area contributed by atoms with Gasteiger partial charge in [-0.1, -0.05) is 0 Å². The minimum atomic E-state index is -0.899. The van der Waals surface area contributed by atoms with Crippen molar-refractivity contribution in [2.45, 2.75) is 0 Å². The second kappa shape index (κ2) is 6.17. The van der Waals surface area contributed by atoms with Crippen LogP contribution in [0.1, 0.15) is 10.4 Å². The van der Waals surface area contributed by atoms with Gasteiger partial charge in [0.25, 0.3) is 11.6 Å². The van der Waals surface area contributed by atoms with Crippen molar-refractivity contribution in [3.8, 4) is 5.75 Å². The number of non-ortho nitro benzene ring substituents is 1. The molecule has 22 heavy (non-hydrogen) atoms. The lowest BCUT2D eigenvalue weighted by Gasteiger charge is -2.10. The normalized spacial score (nSPS) is 10.1. The number of nitro benzene ring substituents is 1. The first kappa shape index (κ1) is 15.4. The average molecular weight is 308 g/mol. The zero-order chi connectivity index (χ0) is 16.3. The van der Waals surface area contributed by atoms with E-state index in [2.05, 4.69) is 5.32 Å². The summed E-state index contributed by atoms with van der Waals surface area (Å²) in [7, 11) is 1.26. The Morgan fingerprint density at radius 1 is 1.23 bits per heavy atom. The van der Waals surface area contributed by atoms with Gasteiger partial charge in [-0.15, -0.1) is 0 Å². The van der Waals surface area contributed by atoms with Gasteiger partial charge in [-0.3, -0.25) is 14.9 Å². The molecule has 1 amide bonds. The number of halogens is 2. The standard InChI is InChI=1S/C14H10F2N2O4/c1-22-13-7-9(18(20)21)3-5-12(13)17-14(19)10-6-8(15)2-4-11(10)16/h2-7H,1H3,(H,17,19). The van der Waals surface area contributed by atoms with Crippen LogP contribution in [0.4, 0.5) is 20.2 Å². The number of hydrogen-bond donors (Lipinski definition) is 1. The molecule has 0 saturated heterocycles. The molecule has 0 saturated carbocycles. The Kier molecular flexibility index (Phi) is 4.31. The van der Waals surface area contributed by atoms with Crippen molar-refractivity contribution < 1.29 is 23.2 Å². The number of rotatable bonds is 4. The molecule has 0 fully saturated rings. The molecule has 6 nitrogen and oxygen atoms in total. The molecule has 1 N–H and O–H groups in total. The summed E-state index contributed by atoms with van der Waals surface area (Å²) in [5.41, 5.74) is -0.617. The first-order valence-electron chi connectivity index (χ1n) is 6.01. The zero-order valence-electron chi connectivity index (χ0n) is 11.3. The topological polar surface area (TPSA) is 81.5 Å². The molecular formula is C14H10F2N2O4. The lowest BCUT2D eigenvalue weighted by atomic mass is 10.2. The summed E-state index contributed by atoms with van der Waals surface area (Å²) in [6.45, 7) is 0. The van der Waals surface area contributed by atoms with Crippen LogP contribution in [0.15, 0.2) is 36.4 Å². The Hall–Kier alpha value is -3.03. The summed E-state index contributed by atoms with van der Waals surface area (Å²) in [5, 5.41) is 13.0. The van der Waals surface area contributed by atoms with Gasteiger partial charge in [0, 0.05) is 6.07 Å². The van der Waals surface area contributed by atoms with Gasteiger partial charge in [-0.05, 0) is 24.3 Å². The number of benzene rings is 2. The number of nitrogens with zero attached hydrogens (tertiary/aromatic N) is 1. The average Bonchev–Trinajstić information content (AvgIpc) is 2.49. The van der Waals surface area contributed by atoms with Crippen molar-refractivity contribution in [3.63, 3.8) is 0 Å². The molecule has 8 heteroatoms. The number of methoxy groups -OCH3 is 1. The highest BCUT2D eigenvalue weighted by atomic mass is 19.1. The predicted molar refractivity (Wildman–Crippen MR) is 74.0 cm³/mol. The second-order valence-electron chi connectivity index (χ2n) is 4.22. The maximum atomic E-state index is 13.5. The van der Waals surface area contributed by atoms with Gasteiger partial charge < -0.3 is 10.1 Å². The number of hydrogen-bond acceptors (Lipinski definition) is 4. The van der Waals surface area contributed by atoms with E-state index in [1.165, 1.54) is 13.2 Å². The van der Waals surface area contributed by atoms with Gasteiger partial charge in [0.15, 0.2) is 0 Å². The third-order valence-electron chi connectivity index (χ3n) is 2.82. The van der Waals surface area contributed by atoms with Crippen LogP contribution < -0.4 is 10.1 Å². The van der Waals surface area contributed by atoms with Crippen LogP contribution in [-0.4, -0.2) is 17.9 Å². The lowest BCUT2D eigenvalue weighted by molar-refractivity contribution is -0.384. The Bertz CT molecular complexity index is 750. The van der Waals surface area contributed by atoms with Crippen LogP contribution >= 0.6 is 0 Å².